The monoisotopic (exact) mass is 248 g/mol. The van der Waals surface area contributed by atoms with Crippen molar-refractivity contribution in [3.63, 3.8) is 0 Å². The van der Waals surface area contributed by atoms with E-state index in [4.69, 9.17) is 10.4 Å². The standard InChI is InChI=1S/C14H17FN2O/c15-14-6-12(8-16)5-13(7-14)9-17-3-1-11(10-18)2-4-17/h5-7,11,18H,1-4,9-10H2. The molecule has 2 rings (SSSR count). The van der Waals surface area contributed by atoms with Gasteiger partial charge < -0.3 is 5.11 Å². The van der Waals surface area contributed by atoms with Gasteiger partial charge >= 0.3 is 0 Å². The molecule has 1 fully saturated rings. The van der Waals surface area contributed by atoms with Gasteiger partial charge in [-0.2, -0.15) is 5.26 Å². The van der Waals surface area contributed by atoms with E-state index in [2.05, 4.69) is 4.90 Å². The second-order valence-electron chi connectivity index (χ2n) is 4.86. The number of aliphatic hydroxyl groups excluding tert-OH is 1. The van der Waals surface area contributed by atoms with E-state index in [1.165, 1.54) is 12.1 Å². The molecule has 0 spiro atoms. The van der Waals surface area contributed by atoms with E-state index in [-0.39, 0.29) is 12.4 Å². The quantitative estimate of drug-likeness (QED) is 0.888. The topological polar surface area (TPSA) is 47.3 Å². The van der Waals surface area contributed by atoms with Gasteiger partial charge in [-0.1, -0.05) is 0 Å². The van der Waals surface area contributed by atoms with Crippen LogP contribution in [0.2, 0.25) is 0 Å². The lowest BCUT2D eigenvalue weighted by molar-refractivity contribution is 0.127. The highest BCUT2D eigenvalue weighted by atomic mass is 19.1. The van der Waals surface area contributed by atoms with E-state index < -0.39 is 0 Å². The minimum atomic E-state index is -0.353. The van der Waals surface area contributed by atoms with Crippen LogP contribution >= 0.6 is 0 Å². The van der Waals surface area contributed by atoms with E-state index in [0.29, 0.717) is 18.0 Å². The van der Waals surface area contributed by atoms with Crippen LogP contribution in [0.3, 0.4) is 0 Å². The number of rotatable bonds is 3. The first-order chi connectivity index (χ1) is 8.71. The number of piperidine rings is 1. The van der Waals surface area contributed by atoms with Crippen molar-refractivity contribution in [2.24, 2.45) is 5.92 Å². The normalized spacial score (nSPS) is 17.6. The molecule has 0 amide bonds. The summed E-state index contributed by atoms with van der Waals surface area (Å²) in [5.74, 6) is 0.0534. The van der Waals surface area contributed by atoms with E-state index in [9.17, 15) is 4.39 Å². The fraction of sp³-hybridized carbons (Fsp3) is 0.500. The maximum atomic E-state index is 13.3. The van der Waals surface area contributed by atoms with E-state index >= 15 is 0 Å². The molecule has 3 nitrogen and oxygen atoms in total. The van der Waals surface area contributed by atoms with Crippen LogP contribution < -0.4 is 0 Å². The summed E-state index contributed by atoms with van der Waals surface area (Å²) in [4.78, 5) is 2.24. The third kappa shape index (κ3) is 3.28. The SMILES string of the molecule is N#Cc1cc(F)cc(CN2CCC(CO)CC2)c1. The van der Waals surface area contributed by atoms with Crippen molar-refractivity contribution in [3.05, 3.63) is 35.1 Å². The number of aliphatic hydroxyl groups is 1. The van der Waals surface area contributed by atoms with Crippen molar-refractivity contribution < 1.29 is 9.50 Å². The lowest BCUT2D eigenvalue weighted by atomic mass is 9.97. The minimum Gasteiger partial charge on any atom is -0.396 e. The van der Waals surface area contributed by atoms with Gasteiger partial charge in [-0.05, 0) is 55.6 Å². The molecule has 0 aliphatic carbocycles. The summed E-state index contributed by atoms with van der Waals surface area (Å²) in [6, 6.07) is 6.44. The van der Waals surface area contributed by atoms with Crippen molar-refractivity contribution in [1.82, 2.24) is 4.90 Å². The predicted molar refractivity (Wildman–Crippen MR) is 66.2 cm³/mol. The summed E-state index contributed by atoms with van der Waals surface area (Å²) in [6.07, 6.45) is 1.97. The maximum Gasteiger partial charge on any atom is 0.124 e. The fourth-order valence-electron chi connectivity index (χ4n) is 2.39. The largest absolute Gasteiger partial charge is 0.396 e. The Labute approximate surface area is 106 Å². The summed E-state index contributed by atoms with van der Waals surface area (Å²) < 4.78 is 13.3. The van der Waals surface area contributed by atoms with Gasteiger partial charge in [0, 0.05) is 13.2 Å². The van der Waals surface area contributed by atoms with Gasteiger partial charge in [0.1, 0.15) is 5.82 Å². The van der Waals surface area contributed by atoms with Crippen LogP contribution in [-0.4, -0.2) is 29.7 Å². The molecular weight excluding hydrogens is 231 g/mol. The molecule has 0 aromatic heterocycles. The smallest absolute Gasteiger partial charge is 0.124 e. The first-order valence-electron chi connectivity index (χ1n) is 6.24. The zero-order chi connectivity index (χ0) is 13.0. The Kier molecular flexibility index (Phi) is 4.29. The summed E-state index contributed by atoms with van der Waals surface area (Å²) in [5, 5.41) is 17.9. The van der Waals surface area contributed by atoms with Gasteiger partial charge in [-0.3, -0.25) is 4.90 Å². The van der Waals surface area contributed by atoms with Crippen molar-refractivity contribution in [2.75, 3.05) is 19.7 Å². The molecule has 1 N–H and O–H groups in total. The molecule has 1 aliphatic heterocycles. The fourth-order valence-corrected chi connectivity index (χ4v) is 2.39. The van der Waals surface area contributed by atoms with Crippen molar-refractivity contribution in [1.29, 1.82) is 5.26 Å². The first-order valence-corrected chi connectivity index (χ1v) is 6.24. The number of hydrogen-bond acceptors (Lipinski definition) is 3. The van der Waals surface area contributed by atoms with E-state index in [1.54, 1.807) is 6.07 Å². The van der Waals surface area contributed by atoms with Crippen LogP contribution in [0, 0.1) is 23.1 Å². The zero-order valence-corrected chi connectivity index (χ0v) is 10.3. The molecule has 0 unspecified atom stereocenters. The van der Waals surface area contributed by atoms with Gasteiger partial charge in [0.05, 0.1) is 11.6 Å². The number of nitriles is 1. The van der Waals surface area contributed by atoms with Crippen LogP contribution in [0.5, 0.6) is 0 Å². The molecular formula is C14H17FN2O. The summed E-state index contributed by atoms with van der Waals surface area (Å²) >= 11 is 0. The van der Waals surface area contributed by atoms with Gasteiger partial charge in [-0.25, -0.2) is 4.39 Å². The van der Waals surface area contributed by atoms with Gasteiger partial charge in [0.25, 0.3) is 0 Å². The molecule has 0 radical (unpaired) electrons. The summed E-state index contributed by atoms with van der Waals surface area (Å²) in [5.41, 5.74) is 1.21. The lowest BCUT2D eigenvalue weighted by Crippen LogP contribution is -2.34. The van der Waals surface area contributed by atoms with Gasteiger partial charge in [0.2, 0.25) is 0 Å². The van der Waals surface area contributed by atoms with Crippen molar-refractivity contribution >= 4 is 0 Å². The molecule has 18 heavy (non-hydrogen) atoms. The second kappa shape index (κ2) is 5.94. The number of likely N-dealkylation sites (tertiary alicyclic amines) is 1. The zero-order valence-electron chi connectivity index (χ0n) is 10.3. The maximum absolute atomic E-state index is 13.3. The van der Waals surface area contributed by atoms with Crippen LogP contribution in [0.15, 0.2) is 18.2 Å². The van der Waals surface area contributed by atoms with Crippen LogP contribution in [-0.2, 0) is 6.54 Å². The molecule has 1 saturated heterocycles. The lowest BCUT2D eigenvalue weighted by Gasteiger charge is -2.31. The van der Waals surface area contributed by atoms with E-state index in [0.717, 1.165) is 31.5 Å². The minimum absolute atomic E-state index is 0.256. The average Bonchev–Trinajstić information content (AvgIpc) is 2.39. The Morgan fingerprint density at radius 1 is 1.33 bits per heavy atom. The number of halogens is 1. The predicted octanol–water partition coefficient (Wildman–Crippen LogP) is 1.90. The Bertz CT molecular complexity index is 448. The Balaban J connectivity index is 1.98. The summed E-state index contributed by atoms with van der Waals surface area (Å²) in [7, 11) is 0. The third-order valence-corrected chi connectivity index (χ3v) is 3.46. The Hall–Kier alpha value is -1.44. The molecule has 1 aromatic carbocycles. The molecule has 0 saturated carbocycles. The third-order valence-electron chi connectivity index (χ3n) is 3.46. The molecule has 0 atom stereocenters. The van der Waals surface area contributed by atoms with Crippen molar-refractivity contribution in [2.45, 2.75) is 19.4 Å². The molecule has 1 heterocycles. The van der Waals surface area contributed by atoms with Crippen LogP contribution in [0.1, 0.15) is 24.0 Å². The molecule has 1 aromatic rings. The van der Waals surface area contributed by atoms with Crippen LogP contribution in [0.25, 0.3) is 0 Å². The number of nitrogens with zero attached hydrogens (tertiary/aromatic N) is 2. The van der Waals surface area contributed by atoms with Gasteiger partial charge in [0.15, 0.2) is 0 Å². The first kappa shape index (κ1) is 13.0. The molecule has 96 valence electrons. The van der Waals surface area contributed by atoms with Gasteiger partial charge in [-0.15, -0.1) is 0 Å². The highest BCUT2D eigenvalue weighted by Crippen LogP contribution is 2.19. The van der Waals surface area contributed by atoms with Crippen LogP contribution in [0.4, 0.5) is 4.39 Å². The Morgan fingerprint density at radius 3 is 2.67 bits per heavy atom. The Morgan fingerprint density at radius 2 is 2.06 bits per heavy atom. The molecule has 4 heteroatoms. The molecule has 1 aliphatic rings. The molecule has 0 bridgehead atoms. The summed E-state index contributed by atoms with van der Waals surface area (Å²) in [6.45, 7) is 2.77. The highest BCUT2D eigenvalue weighted by Gasteiger charge is 2.18. The average molecular weight is 248 g/mol. The number of hydrogen-bond donors (Lipinski definition) is 1. The number of benzene rings is 1. The highest BCUT2D eigenvalue weighted by molar-refractivity contribution is 5.33. The van der Waals surface area contributed by atoms with Crippen molar-refractivity contribution in [3.8, 4) is 6.07 Å². The van der Waals surface area contributed by atoms with E-state index in [1.807, 2.05) is 6.07 Å². The second-order valence-corrected chi connectivity index (χ2v) is 4.86.